The van der Waals surface area contributed by atoms with E-state index in [0.29, 0.717) is 0 Å². The predicted octanol–water partition coefficient (Wildman–Crippen LogP) is 0.0318. The van der Waals surface area contributed by atoms with E-state index in [-0.39, 0.29) is 6.61 Å². The third-order valence-corrected chi connectivity index (χ3v) is 0.408. The van der Waals surface area contributed by atoms with Gasteiger partial charge >= 0.3 is 0 Å². The monoisotopic (exact) mass is 134 g/mol. The van der Waals surface area contributed by atoms with Crippen LogP contribution in [0.2, 0.25) is 0 Å². The summed E-state index contributed by atoms with van der Waals surface area (Å²) in [5.74, 6) is 0. The average molecular weight is 134 g/mol. The highest BCUT2D eigenvalue weighted by atomic mass is 16.6. The van der Waals surface area contributed by atoms with Gasteiger partial charge in [-0.15, -0.1) is 0 Å². The molecule has 2 aliphatic rings. The molecule has 0 atom stereocenters. The highest BCUT2D eigenvalue weighted by molar-refractivity contribution is 4.37. The fraction of sp³-hybridized carbons (Fsp3) is 1.00. The second-order valence-electron chi connectivity index (χ2n) is 1.54. The molecule has 2 aliphatic heterocycles. The van der Waals surface area contributed by atoms with Crippen LogP contribution in [0.1, 0.15) is 6.92 Å². The standard InChI is InChI=1S/2C2H4O.C2H6O/c2*1-2-3-1;1-2-3/h2*1-2H2;3H,2H2,1H3. The second-order valence-corrected chi connectivity index (χ2v) is 1.54. The molecule has 0 spiro atoms. The molecule has 3 nitrogen and oxygen atoms in total. The van der Waals surface area contributed by atoms with Gasteiger partial charge in [0.2, 0.25) is 0 Å². The number of epoxide rings is 2. The van der Waals surface area contributed by atoms with Gasteiger partial charge in [-0.2, -0.15) is 0 Å². The summed E-state index contributed by atoms with van der Waals surface area (Å²) >= 11 is 0. The molecule has 0 aromatic heterocycles. The van der Waals surface area contributed by atoms with Crippen LogP contribution in [0.3, 0.4) is 0 Å². The molecule has 0 bridgehead atoms. The molecular formula is C6H14O3. The van der Waals surface area contributed by atoms with Crippen LogP contribution < -0.4 is 0 Å². The van der Waals surface area contributed by atoms with Crippen molar-refractivity contribution in [1.29, 1.82) is 0 Å². The Morgan fingerprint density at radius 2 is 1.22 bits per heavy atom. The van der Waals surface area contributed by atoms with Crippen LogP contribution in [0.4, 0.5) is 0 Å². The maximum atomic E-state index is 7.57. The highest BCUT2D eigenvalue weighted by Crippen LogP contribution is 1.85. The molecule has 0 aliphatic carbocycles. The van der Waals surface area contributed by atoms with Crippen molar-refractivity contribution in [1.82, 2.24) is 0 Å². The number of hydrogen-bond donors (Lipinski definition) is 1. The van der Waals surface area contributed by atoms with Gasteiger partial charge in [-0.05, 0) is 6.92 Å². The van der Waals surface area contributed by atoms with Crippen LogP contribution in [0.15, 0.2) is 0 Å². The number of ether oxygens (including phenoxy) is 2. The van der Waals surface area contributed by atoms with Gasteiger partial charge in [0.25, 0.3) is 0 Å². The van der Waals surface area contributed by atoms with Crippen molar-refractivity contribution >= 4 is 0 Å². The SMILES string of the molecule is C1CO1.C1CO1.CCO. The Hall–Kier alpha value is -0.120. The minimum Gasteiger partial charge on any atom is -0.397 e. The van der Waals surface area contributed by atoms with Crippen LogP contribution >= 0.6 is 0 Å². The van der Waals surface area contributed by atoms with E-state index < -0.39 is 0 Å². The zero-order valence-corrected chi connectivity index (χ0v) is 5.80. The topological polar surface area (TPSA) is 45.3 Å². The van der Waals surface area contributed by atoms with Gasteiger partial charge in [-0.3, -0.25) is 0 Å². The third kappa shape index (κ3) is 77.1. The first kappa shape index (κ1) is 8.88. The van der Waals surface area contributed by atoms with E-state index in [1.54, 1.807) is 6.92 Å². The molecule has 0 aromatic carbocycles. The van der Waals surface area contributed by atoms with Gasteiger partial charge in [-0.1, -0.05) is 0 Å². The molecule has 56 valence electrons. The molecule has 0 radical (unpaired) electrons. The lowest BCUT2D eigenvalue weighted by Crippen LogP contribution is -1.57. The van der Waals surface area contributed by atoms with Gasteiger partial charge < -0.3 is 14.6 Å². The second kappa shape index (κ2) is 7.88. The molecule has 0 saturated carbocycles. The lowest BCUT2D eigenvalue weighted by molar-refractivity contribution is 0.318. The van der Waals surface area contributed by atoms with Crippen LogP contribution in [0, 0.1) is 0 Å². The maximum Gasteiger partial charge on any atom is 0.0701 e. The Balaban J connectivity index is 0.000000107. The van der Waals surface area contributed by atoms with Crippen molar-refractivity contribution in [3.8, 4) is 0 Å². The Morgan fingerprint density at radius 3 is 1.22 bits per heavy atom. The fourth-order valence-electron chi connectivity index (χ4n) is 0. The van der Waals surface area contributed by atoms with Crippen LogP contribution in [-0.4, -0.2) is 38.1 Å². The van der Waals surface area contributed by atoms with Crippen molar-refractivity contribution in [2.75, 3.05) is 33.0 Å². The third-order valence-electron chi connectivity index (χ3n) is 0.408. The summed E-state index contributed by atoms with van der Waals surface area (Å²) in [6, 6.07) is 0. The van der Waals surface area contributed by atoms with E-state index in [4.69, 9.17) is 5.11 Å². The number of hydrogen-bond acceptors (Lipinski definition) is 3. The molecular weight excluding hydrogens is 120 g/mol. The predicted molar refractivity (Wildman–Crippen MR) is 34.4 cm³/mol. The van der Waals surface area contributed by atoms with E-state index in [2.05, 4.69) is 9.47 Å². The van der Waals surface area contributed by atoms with Gasteiger partial charge in [0, 0.05) is 6.61 Å². The van der Waals surface area contributed by atoms with Crippen molar-refractivity contribution in [3.05, 3.63) is 0 Å². The van der Waals surface area contributed by atoms with Crippen LogP contribution in [0.25, 0.3) is 0 Å². The lowest BCUT2D eigenvalue weighted by Gasteiger charge is -1.52. The van der Waals surface area contributed by atoms with Crippen LogP contribution in [-0.2, 0) is 9.47 Å². The average Bonchev–Trinajstić information content (AvgIpc) is 2.66. The Bertz CT molecular complexity index is 32.1. The number of aliphatic hydroxyl groups is 1. The normalized spacial score (nSPS) is 18.0. The largest absolute Gasteiger partial charge is 0.397 e. The maximum absolute atomic E-state index is 7.57. The van der Waals surface area contributed by atoms with Gasteiger partial charge in [0.05, 0.1) is 26.4 Å². The number of rotatable bonds is 0. The van der Waals surface area contributed by atoms with Crippen molar-refractivity contribution < 1.29 is 14.6 Å². The first-order chi connectivity index (χ1) is 4.41. The zero-order valence-electron chi connectivity index (χ0n) is 5.80. The minimum absolute atomic E-state index is 0.250. The van der Waals surface area contributed by atoms with E-state index in [0.717, 1.165) is 26.4 Å². The molecule has 2 saturated heterocycles. The van der Waals surface area contributed by atoms with Crippen molar-refractivity contribution in [2.24, 2.45) is 0 Å². The van der Waals surface area contributed by atoms with E-state index in [1.807, 2.05) is 0 Å². The zero-order chi connectivity index (χ0) is 6.95. The van der Waals surface area contributed by atoms with Crippen molar-refractivity contribution in [2.45, 2.75) is 6.92 Å². The molecule has 2 heterocycles. The minimum atomic E-state index is 0.250. The Kier molecular flexibility index (Phi) is 7.77. The summed E-state index contributed by atoms with van der Waals surface area (Å²) in [7, 11) is 0. The summed E-state index contributed by atoms with van der Waals surface area (Å²) in [5, 5.41) is 7.57. The smallest absolute Gasteiger partial charge is 0.0701 e. The number of aliphatic hydroxyl groups excluding tert-OH is 1. The van der Waals surface area contributed by atoms with E-state index >= 15 is 0 Å². The summed E-state index contributed by atoms with van der Waals surface area (Å²) in [4.78, 5) is 0. The quantitative estimate of drug-likeness (QED) is 0.475. The van der Waals surface area contributed by atoms with Gasteiger partial charge in [0.1, 0.15) is 0 Å². The molecule has 3 heteroatoms. The van der Waals surface area contributed by atoms with Crippen molar-refractivity contribution in [3.63, 3.8) is 0 Å². The summed E-state index contributed by atoms with van der Waals surface area (Å²) in [5.41, 5.74) is 0. The summed E-state index contributed by atoms with van der Waals surface area (Å²) in [6.07, 6.45) is 0. The van der Waals surface area contributed by atoms with E-state index in [9.17, 15) is 0 Å². The Labute approximate surface area is 55.6 Å². The first-order valence-electron chi connectivity index (χ1n) is 3.18. The molecule has 2 rings (SSSR count). The highest BCUT2D eigenvalue weighted by Gasteiger charge is 1.94. The summed E-state index contributed by atoms with van der Waals surface area (Å²) in [6.45, 7) is 5.93. The molecule has 1 N–H and O–H groups in total. The molecule has 0 unspecified atom stereocenters. The van der Waals surface area contributed by atoms with Gasteiger partial charge in [0.15, 0.2) is 0 Å². The molecule has 9 heavy (non-hydrogen) atoms. The molecule has 0 amide bonds. The molecule has 2 fully saturated rings. The fourth-order valence-corrected chi connectivity index (χ4v) is 0. The van der Waals surface area contributed by atoms with Gasteiger partial charge in [-0.25, -0.2) is 0 Å². The Morgan fingerprint density at radius 1 is 1.11 bits per heavy atom. The lowest BCUT2D eigenvalue weighted by atomic mass is 10.9. The van der Waals surface area contributed by atoms with Crippen LogP contribution in [0.5, 0.6) is 0 Å². The first-order valence-corrected chi connectivity index (χ1v) is 3.18. The van der Waals surface area contributed by atoms with E-state index in [1.165, 1.54) is 0 Å². The molecule has 0 aromatic rings. The summed E-state index contributed by atoms with van der Waals surface area (Å²) < 4.78 is 9.00.